The number of benzene rings is 1. The molecule has 178 valence electrons. The summed E-state index contributed by atoms with van der Waals surface area (Å²) in [6.07, 6.45) is 6.91. The van der Waals surface area contributed by atoms with E-state index in [1.54, 1.807) is 12.1 Å². The monoisotopic (exact) mass is 482 g/mol. The molecule has 1 aliphatic carbocycles. The van der Waals surface area contributed by atoms with Crippen molar-refractivity contribution >= 4 is 27.5 Å². The second kappa shape index (κ2) is 10.8. The van der Waals surface area contributed by atoms with Crippen LogP contribution < -0.4 is 0 Å². The van der Waals surface area contributed by atoms with Gasteiger partial charge < -0.3 is 9.80 Å². The molecule has 0 spiro atoms. The Labute approximate surface area is 197 Å². The van der Waals surface area contributed by atoms with Gasteiger partial charge in [-0.25, -0.2) is 8.42 Å². The fourth-order valence-corrected chi connectivity index (χ4v) is 6.64. The topological polar surface area (TPSA) is 64.2 Å². The number of hydrogen-bond donors (Lipinski definition) is 0. The van der Waals surface area contributed by atoms with E-state index < -0.39 is 10.0 Å². The molecule has 0 N–H and O–H groups in total. The Kier molecular flexibility index (Phi) is 8.10. The van der Waals surface area contributed by atoms with E-state index in [9.17, 15) is 13.2 Å². The zero-order valence-electron chi connectivity index (χ0n) is 18.8. The van der Waals surface area contributed by atoms with Gasteiger partial charge in [-0.1, -0.05) is 30.9 Å². The van der Waals surface area contributed by atoms with Crippen LogP contribution in [-0.4, -0.2) is 98.8 Å². The molecule has 1 aromatic carbocycles. The van der Waals surface area contributed by atoms with Crippen LogP contribution in [0.2, 0.25) is 5.02 Å². The van der Waals surface area contributed by atoms with Crippen molar-refractivity contribution in [1.82, 2.24) is 19.0 Å². The SMILES string of the molecule is O=C(CN1CCN(CC2CCCCC2)CC1)N1CCN(S(=O)(=O)c2ccc(Cl)cc2)CC1. The fraction of sp³-hybridized carbons (Fsp3) is 0.696. The van der Waals surface area contributed by atoms with Gasteiger partial charge in [0.15, 0.2) is 0 Å². The number of halogens is 1. The molecule has 2 saturated heterocycles. The zero-order chi connectivity index (χ0) is 22.6. The van der Waals surface area contributed by atoms with Gasteiger partial charge in [0.05, 0.1) is 11.4 Å². The highest BCUT2D eigenvalue weighted by molar-refractivity contribution is 7.89. The third kappa shape index (κ3) is 6.03. The standard InChI is InChI=1S/C23H35ClN4O3S/c24-21-6-8-22(9-7-21)32(30,31)28-16-14-27(15-17-28)23(29)19-26-12-10-25(11-13-26)18-20-4-2-1-3-5-20/h6-9,20H,1-5,10-19H2. The summed E-state index contributed by atoms with van der Waals surface area (Å²) in [4.78, 5) is 19.7. The number of carbonyl (C=O) groups is 1. The Bertz CT molecular complexity index is 858. The number of rotatable bonds is 6. The molecule has 32 heavy (non-hydrogen) atoms. The molecule has 0 bridgehead atoms. The lowest BCUT2D eigenvalue weighted by atomic mass is 9.89. The molecule has 4 rings (SSSR count). The number of amides is 1. The van der Waals surface area contributed by atoms with Crippen molar-refractivity contribution in [3.63, 3.8) is 0 Å². The first-order valence-electron chi connectivity index (χ1n) is 11.9. The lowest BCUT2D eigenvalue weighted by molar-refractivity contribution is -0.134. The van der Waals surface area contributed by atoms with E-state index in [1.165, 1.54) is 55.1 Å². The van der Waals surface area contributed by atoms with E-state index in [4.69, 9.17) is 11.6 Å². The molecule has 1 amide bonds. The summed E-state index contributed by atoms with van der Waals surface area (Å²) in [7, 11) is -3.55. The number of sulfonamides is 1. The minimum absolute atomic E-state index is 0.106. The van der Waals surface area contributed by atoms with E-state index in [2.05, 4.69) is 9.80 Å². The van der Waals surface area contributed by atoms with Crippen LogP contribution in [0.5, 0.6) is 0 Å². The third-order valence-electron chi connectivity index (χ3n) is 7.11. The maximum Gasteiger partial charge on any atom is 0.243 e. The zero-order valence-corrected chi connectivity index (χ0v) is 20.4. The first-order chi connectivity index (χ1) is 15.4. The minimum atomic E-state index is -3.55. The number of hydrogen-bond acceptors (Lipinski definition) is 5. The van der Waals surface area contributed by atoms with Gasteiger partial charge in [-0.3, -0.25) is 9.69 Å². The van der Waals surface area contributed by atoms with E-state index >= 15 is 0 Å². The Hall–Kier alpha value is -1.19. The minimum Gasteiger partial charge on any atom is -0.339 e. The van der Waals surface area contributed by atoms with Crippen molar-refractivity contribution < 1.29 is 13.2 Å². The molecule has 3 fully saturated rings. The van der Waals surface area contributed by atoms with Crippen LogP contribution in [0, 0.1) is 5.92 Å². The number of nitrogens with zero attached hydrogens (tertiary/aromatic N) is 4. The van der Waals surface area contributed by atoms with Crippen molar-refractivity contribution in [2.24, 2.45) is 5.92 Å². The van der Waals surface area contributed by atoms with Crippen molar-refractivity contribution in [3.05, 3.63) is 29.3 Å². The molecule has 2 aliphatic heterocycles. The molecule has 2 heterocycles. The van der Waals surface area contributed by atoms with Gasteiger partial charge in [-0.2, -0.15) is 4.31 Å². The molecule has 3 aliphatic rings. The highest BCUT2D eigenvalue weighted by Gasteiger charge is 2.31. The molecular formula is C23H35ClN4O3S. The van der Waals surface area contributed by atoms with Crippen LogP contribution in [0.25, 0.3) is 0 Å². The quantitative estimate of drug-likeness (QED) is 0.623. The van der Waals surface area contributed by atoms with Crippen LogP contribution in [-0.2, 0) is 14.8 Å². The summed E-state index contributed by atoms with van der Waals surface area (Å²) in [6.45, 7) is 7.12. The van der Waals surface area contributed by atoms with Gasteiger partial charge in [0.2, 0.25) is 15.9 Å². The predicted molar refractivity (Wildman–Crippen MR) is 126 cm³/mol. The van der Waals surface area contributed by atoms with Gasteiger partial charge in [-0.05, 0) is 43.0 Å². The maximum atomic E-state index is 12.8. The smallest absolute Gasteiger partial charge is 0.243 e. The lowest BCUT2D eigenvalue weighted by Gasteiger charge is -2.38. The van der Waals surface area contributed by atoms with Gasteiger partial charge >= 0.3 is 0 Å². The molecular weight excluding hydrogens is 448 g/mol. The average molecular weight is 483 g/mol. The van der Waals surface area contributed by atoms with Crippen LogP contribution >= 0.6 is 11.6 Å². The van der Waals surface area contributed by atoms with E-state index in [0.717, 1.165) is 32.1 Å². The number of carbonyl (C=O) groups excluding carboxylic acids is 1. The maximum absolute atomic E-state index is 12.8. The van der Waals surface area contributed by atoms with Crippen molar-refractivity contribution in [3.8, 4) is 0 Å². The molecule has 0 unspecified atom stereocenters. The summed E-state index contributed by atoms with van der Waals surface area (Å²) in [5.74, 6) is 0.964. The Morgan fingerprint density at radius 2 is 1.44 bits per heavy atom. The van der Waals surface area contributed by atoms with Gasteiger partial charge in [-0.15, -0.1) is 0 Å². The second-order valence-electron chi connectivity index (χ2n) is 9.32. The first-order valence-corrected chi connectivity index (χ1v) is 13.7. The van der Waals surface area contributed by atoms with Crippen molar-refractivity contribution in [2.75, 3.05) is 65.4 Å². The average Bonchev–Trinajstić information content (AvgIpc) is 2.81. The largest absolute Gasteiger partial charge is 0.339 e. The molecule has 1 saturated carbocycles. The highest BCUT2D eigenvalue weighted by atomic mass is 35.5. The van der Waals surface area contributed by atoms with Crippen LogP contribution in [0.3, 0.4) is 0 Å². The van der Waals surface area contributed by atoms with Crippen molar-refractivity contribution in [1.29, 1.82) is 0 Å². The number of piperazine rings is 2. The summed E-state index contributed by atoms with van der Waals surface area (Å²) in [5, 5.41) is 0.509. The molecule has 0 radical (unpaired) electrons. The van der Waals surface area contributed by atoms with Crippen LogP contribution in [0.4, 0.5) is 0 Å². The van der Waals surface area contributed by atoms with Crippen LogP contribution in [0.1, 0.15) is 32.1 Å². The van der Waals surface area contributed by atoms with E-state index in [1.807, 2.05) is 4.90 Å². The molecule has 9 heteroatoms. The molecule has 7 nitrogen and oxygen atoms in total. The molecule has 0 atom stereocenters. The van der Waals surface area contributed by atoms with Gasteiger partial charge in [0.1, 0.15) is 0 Å². The third-order valence-corrected chi connectivity index (χ3v) is 9.27. The Morgan fingerprint density at radius 1 is 0.844 bits per heavy atom. The summed E-state index contributed by atoms with van der Waals surface area (Å²) in [6, 6.07) is 6.23. The summed E-state index contributed by atoms with van der Waals surface area (Å²) < 4.78 is 27.1. The van der Waals surface area contributed by atoms with E-state index in [-0.39, 0.29) is 10.8 Å². The normalized spacial score (nSPS) is 22.8. The van der Waals surface area contributed by atoms with E-state index in [0.29, 0.717) is 37.7 Å². The fourth-order valence-electron chi connectivity index (χ4n) is 5.09. The Balaban J connectivity index is 1.20. The summed E-state index contributed by atoms with van der Waals surface area (Å²) >= 11 is 5.87. The summed E-state index contributed by atoms with van der Waals surface area (Å²) in [5.41, 5.74) is 0. The molecule has 1 aromatic rings. The second-order valence-corrected chi connectivity index (χ2v) is 11.7. The predicted octanol–water partition coefficient (Wildman–Crippen LogP) is 2.37. The van der Waals surface area contributed by atoms with Crippen molar-refractivity contribution in [2.45, 2.75) is 37.0 Å². The molecule has 0 aromatic heterocycles. The van der Waals surface area contributed by atoms with Crippen LogP contribution in [0.15, 0.2) is 29.2 Å². The highest BCUT2D eigenvalue weighted by Crippen LogP contribution is 2.25. The first kappa shape index (κ1) is 24.0. The lowest BCUT2D eigenvalue weighted by Crippen LogP contribution is -2.54. The van der Waals surface area contributed by atoms with Gasteiger partial charge in [0, 0.05) is 63.9 Å². The van der Waals surface area contributed by atoms with Gasteiger partial charge in [0.25, 0.3) is 0 Å². The Morgan fingerprint density at radius 3 is 2.06 bits per heavy atom.